The van der Waals surface area contributed by atoms with Crippen LogP contribution in [-0.2, 0) is 4.79 Å². The molecule has 1 aliphatic carbocycles. The maximum atomic E-state index is 12.5. The van der Waals surface area contributed by atoms with Crippen LogP contribution in [0.3, 0.4) is 0 Å². The number of carbonyl (C=O) groups is 1. The van der Waals surface area contributed by atoms with Crippen molar-refractivity contribution in [1.82, 2.24) is 9.80 Å². The van der Waals surface area contributed by atoms with Crippen molar-refractivity contribution < 1.29 is 4.79 Å². The smallest absolute Gasteiger partial charge is 0.222 e. The zero-order chi connectivity index (χ0) is 14.7. The molecule has 0 radical (unpaired) electrons. The number of hydrogen-bond donors (Lipinski definition) is 1. The summed E-state index contributed by atoms with van der Waals surface area (Å²) in [6.07, 6.45) is 6.28. The summed E-state index contributed by atoms with van der Waals surface area (Å²) in [5.74, 6) is 0.715. The van der Waals surface area contributed by atoms with Gasteiger partial charge in [0.1, 0.15) is 0 Å². The van der Waals surface area contributed by atoms with Crippen molar-refractivity contribution in [3.05, 3.63) is 0 Å². The summed E-state index contributed by atoms with van der Waals surface area (Å²) in [6.45, 7) is 6.72. The summed E-state index contributed by atoms with van der Waals surface area (Å²) in [6, 6.07) is 1.24. The Kier molecular flexibility index (Phi) is 5.44. The lowest BCUT2D eigenvalue weighted by molar-refractivity contribution is -0.134. The molecule has 0 spiro atoms. The summed E-state index contributed by atoms with van der Waals surface area (Å²) in [5.41, 5.74) is 6.09. The Morgan fingerprint density at radius 2 is 2.10 bits per heavy atom. The van der Waals surface area contributed by atoms with E-state index in [9.17, 15) is 4.79 Å². The molecule has 4 nitrogen and oxygen atoms in total. The van der Waals surface area contributed by atoms with Gasteiger partial charge in [-0.3, -0.25) is 4.79 Å². The molecular weight excluding hydrogens is 250 g/mol. The number of likely N-dealkylation sites (tertiary alicyclic amines) is 1. The number of amides is 1. The van der Waals surface area contributed by atoms with Crippen molar-refractivity contribution in [2.75, 3.05) is 20.1 Å². The van der Waals surface area contributed by atoms with Crippen LogP contribution in [-0.4, -0.2) is 54.0 Å². The minimum atomic E-state index is 0.244. The Morgan fingerprint density at radius 1 is 1.35 bits per heavy atom. The number of piperidine rings is 1. The number of carbonyl (C=O) groups excluding carboxylic acids is 1. The fourth-order valence-corrected chi connectivity index (χ4v) is 3.91. The predicted octanol–water partition coefficient (Wildman–Crippen LogP) is 1.84. The van der Waals surface area contributed by atoms with Gasteiger partial charge in [0, 0.05) is 38.1 Å². The minimum Gasteiger partial charge on any atom is -0.343 e. The zero-order valence-electron chi connectivity index (χ0n) is 13.3. The second-order valence-electron chi connectivity index (χ2n) is 6.72. The summed E-state index contributed by atoms with van der Waals surface area (Å²) < 4.78 is 0. The Labute approximate surface area is 123 Å². The van der Waals surface area contributed by atoms with Gasteiger partial charge in [0.15, 0.2) is 0 Å². The van der Waals surface area contributed by atoms with Gasteiger partial charge in [0.2, 0.25) is 5.91 Å². The number of rotatable bonds is 4. The highest BCUT2D eigenvalue weighted by atomic mass is 16.2. The first-order chi connectivity index (χ1) is 9.52. The van der Waals surface area contributed by atoms with Crippen molar-refractivity contribution in [2.24, 2.45) is 11.7 Å². The number of hydrogen-bond acceptors (Lipinski definition) is 3. The van der Waals surface area contributed by atoms with Crippen molar-refractivity contribution in [1.29, 1.82) is 0 Å². The molecule has 2 rings (SSSR count). The zero-order valence-corrected chi connectivity index (χ0v) is 13.3. The van der Waals surface area contributed by atoms with Gasteiger partial charge in [-0.05, 0) is 45.1 Å². The van der Waals surface area contributed by atoms with Gasteiger partial charge in [-0.1, -0.05) is 13.3 Å². The highest BCUT2D eigenvalue weighted by Crippen LogP contribution is 2.28. The van der Waals surface area contributed by atoms with Crippen LogP contribution in [0.25, 0.3) is 0 Å². The maximum absolute atomic E-state index is 12.5. The third-order valence-corrected chi connectivity index (χ3v) is 5.49. The van der Waals surface area contributed by atoms with E-state index in [4.69, 9.17) is 5.73 Å². The predicted molar refractivity (Wildman–Crippen MR) is 82.4 cm³/mol. The Bertz CT molecular complexity index is 334. The molecule has 1 heterocycles. The van der Waals surface area contributed by atoms with E-state index in [-0.39, 0.29) is 6.04 Å². The van der Waals surface area contributed by atoms with Crippen LogP contribution in [0, 0.1) is 5.92 Å². The number of nitrogens with zero attached hydrogens (tertiary/aromatic N) is 2. The SMILES string of the molecule is CCN1CCC(N(C)C(=O)C[C@@H]2CCC[C@H]2N)CC1C. The van der Waals surface area contributed by atoms with E-state index in [2.05, 4.69) is 18.7 Å². The summed E-state index contributed by atoms with van der Waals surface area (Å²) in [7, 11) is 1.99. The molecule has 1 amide bonds. The first kappa shape index (κ1) is 15.8. The van der Waals surface area contributed by atoms with E-state index in [0.717, 1.165) is 38.8 Å². The molecule has 4 heteroatoms. The van der Waals surface area contributed by atoms with E-state index >= 15 is 0 Å². The molecule has 2 N–H and O–H groups in total. The molecule has 1 saturated carbocycles. The van der Waals surface area contributed by atoms with E-state index < -0.39 is 0 Å². The Balaban J connectivity index is 1.84. The lowest BCUT2D eigenvalue weighted by atomic mass is 9.95. The molecule has 0 aromatic rings. The fraction of sp³-hybridized carbons (Fsp3) is 0.938. The average Bonchev–Trinajstić information content (AvgIpc) is 2.83. The third-order valence-electron chi connectivity index (χ3n) is 5.49. The van der Waals surface area contributed by atoms with Gasteiger partial charge in [0.25, 0.3) is 0 Å². The molecule has 116 valence electrons. The molecule has 2 fully saturated rings. The molecule has 2 aliphatic rings. The van der Waals surface area contributed by atoms with Gasteiger partial charge in [-0.25, -0.2) is 0 Å². The van der Waals surface area contributed by atoms with Crippen molar-refractivity contribution in [3.8, 4) is 0 Å². The second-order valence-corrected chi connectivity index (χ2v) is 6.72. The van der Waals surface area contributed by atoms with Crippen molar-refractivity contribution >= 4 is 5.91 Å². The van der Waals surface area contributed by atoms with Gasteiger partial charge >= 0.3 is 0 Å². The highest BCUT2D eigenvalue weighted by Gasteiger charge is 2.32. The van der Waals surface area contributed by atoms with E-state index in [0.29, 0.717) is 30.3 Å². The molecule has 1 aliphatic heterocycles. The molecule has 2 unspecified atom stereocenters. The van der Waals surface area contributed by atoms with Crippen LogP contribution < -0.4 is 5.73 Å². The number of nitrogens with two attached hydrogens (primary N) is 1. The molecule has 20 heavy (non-hydrogen) atoms. The third kappa shape index (κ3) is 3.53. The molecule has 0 aromatic carbocycles. The van der Waals surface area contributed by atoms with Crippen LogP contribution in [0.1, 0.15) is 52.4 Å². The van der Waals surface area contributed by atoms with Crippen molar-refractivity contribution in [3.63, 3.8) is 0 Å². The standard InChI is InChI=1S/C16H31N3O/c1-4-19-9-8-14(10-12(19)2)18(3)16(20)11-13-6-5-7-15(13)17/h12-15H,4-11,17H2,1-3H3/t12?,13-,14?,15+/m0/s1. The molecule has 0 aromatic heterocycles. The normalized spacial score (nSPS) is 35.2. The van der Waals surface area contributed by atoms with Gasteiger partial charge in [-0.2, -0.15) is 0 Å². The molecule has 1 saturated heterocycles. The van der Waals surface area contributed by atoms with Crippen LogP contribution in [0.5, 0.6) is 0 Å². The Hall–Kier alpha value is -0.610. The summed E-state index contributed by atoms with van der Waals surface area (Å²) in [5, 5.41) is 0. The first-order valence-corrected chi connectivity index (χ1v) is 8.28. The van der Waals surface area contributed by atoms with Gasteiger partial charge in [0.05, 0.1) is 0 Å². The van der Waals surface area contributed by atoms with E-state index in [1.165, 1.54) is 6.42 Å². The van der Waals surface area contributed by atoms with E-state index in [1.54, 1.807) is 0 Å². The lowest BCUT2D eigenvalue weighted by Gasteiger charge is -2.41. The first-order valence-electron chi connectivity index (χ1n) is 8.28. The highest BCUT2D eigenvalue weighted by molar-refractivity contribution is 5.76. The Morgan fingerprint density at radius 3 is 2.65 bits per heavy atom. The van der Waals surface area contributed by atoms with E-state index in [1.807, 2.05) is 11.9 Å². The quantitative estimate of drug-likeness (QED) is 0.855. The van der Waals surface area contributed by atoms with Crippen molar-refractivity contribution in [2.45, 2.75) is 70.5 Å². The largest absolute Gasteiger partial charge is 0.343 e. The average molecular weight is 281 g/mol. The van der Waals surface area contributed by atoms with Crippen LogP contribution in [0.4, 0.5) is 0 Å². The minimum absolute atomic E-state index is 0.244. The maximum Gasteiger partial charge on any atom is 0.222 e. The van der Waals surface area contributed by atoms with Crippen LogP contribution >= 0.6 is 0 Å². The summed E-state index contributed by atoms with van der Waals surface area (Å²) >= 11 is 0. The second kappa shape index (κ2) is 6.90. The fourth-order valence-electron chi connectivity index (χ4n) is 3.91. The summed E-state index contributed by atoms with van der Waals surface area (Å²) in [4.78, 5) is 17.0. The molecular formula is C16H31N3O. The van der Waals surface area contributed by atoms with Crippen LogP contribution in [0.15, 0.2) is 0 Å². The molecule has 0 bridgehead atoms. The molecule has 4 atom stereocenters. The van der Waals surface area contributed by atoms with Gasteiger partial charge in [-0.15, -0.1) is 0 Å². The lowest BCUT2D eigenvalue weighted by Crippen LogP contribution is -2.49. The monoisotopic (exact) mass is 281 g/mol. The van der Waals surface area contributed by atoms with Crippen LogP contribution in [0.2, 0.25) is 0 Å². The topological polar surface area (TPSA) is 49.6 Å². The van der Waals surface area contributed by atoms with Gasteiger partial charge < -0.3 is 15.5 Å².